The van der Waals surface area contributed by atoms with E-state index >= 15 is 0 Å². The van der Waals surface area contributed by atoms with Gasteiger partial charge in [-0.05, 0) is 6.42 Å². The molecule has 0 aromatic carbocycles. The number of hydroxylamine groups is 2. The van der Waals surface area contributed by atoms with E-state index in [1.807, 2.05) is 0 Å². The molecule has 2 atom stereocenters. The molecule has 0 heterocycles. The standard InChI is InChI=1S/C10H19N2O7P/c1-3-7(10(15)16)12(17)8(13)5-11-6-9(14)20(18,19)4-2/h7,11,17H,3-6H2,1-2H3,(H,15,16)(H,18,19). The van der Waals surface area contributed by atoms with E-state index in [1.165, 1.54) is 13.8 Å². The Kier molecular flexibility index (Phi) is 7.59. The third kappa shape index (κ3) is 5.38. The zero-order valence-corrected chi connectivity index (χ0v) is 12.2. The summed E-state index contributed by atoms with van der Waals surface area (Å²) >= 11 is 0. The van der Waals surface area contributed by atoms with Gasteiger partial charge in [0.15, 0.2) is 6.04 Å². The number of hydrogen-bond acceptors (Lipinski definition) is 6. The maximum absolute atomic E-state index is 11.5. The molecule has 9 nitrogen and oxygen atoms in total. The van der Waals surface area contributed by atoms with Crippen molar-refractivity contribution < 1.29 is 34.2 Å². The number of amides is 1. The minimum absolute atomic E-state index is 0.0121. The fourth-order valence-corrected chi connectivity index (χ4v) is 1.99. The van der Waals surface area contributed by atoms with Crippen molar-refractivity contribution >= 4 is 24.8 Å². The number of carbonyl (C=O) groups is 3. The van der Waals surface area contributed by atoms with E-state index in [2.05, 4.69) is 5.32 Å². The number of carbonyl (C=O) groups excluding carboxylic acids is 2. The van der Waals surface area contributed by atoms with Crippen molar-refractivity contribution in [2.45, 2.75) is 26.3 Å². The van der Waals surface area contributed by atoms with E-state index in [-0.39, 0.29) is 17.6 Å². The van der Waals surface area contributed by atoms with E-state index in [0.717, 1.165) is 0 Å². The zero-order chi connectivity index (χ0) is 15.9. The predicted molar refractivity (Wildman–Crippen MR) is 68.6 cm³/mol. The van der Waals surface area contributed by atoms with Crippen molar-refractivity contribution in [1.82, 2.24) is 10.4 Å². The Labute approximate surface area is 116 Å². The second kappa shape index (κ2) is 8.11. The molecule has 20 heavy (non-hydrogen) atoms. The largest absolute Gasteiger partial charge is 0.480 e. The van der Waals surface area contributed by atoms with E-state index in [9.17, 15) is 29.0 Å². The Bertz CT molecular complexity index is 426. The van der Waals surface area contributed by atoms with Crippen LogP contribution in [0.1, 0.15) is 20.3 Å². The summed E-state index contributed by atoms with van der Waals surface area (Å²) in [5.41, 5.74) is -0.928. The van der Waals surface area contributed by atoms with Crippen molar-refractivity contribution in [3.05, 3.63) is 0 Å². The molecule has 0 fully saturated rings. The van der Waals surface area contributed by atoms with Crippen molar-refractivity contribution in [2.24, 2.45) is 0 Å². The van der Waals surface area contributed by atoms with Crippen molar-refractivity contribution in [3.63, 3.8) is 0 Å². The van der Waals surface area contributed by atoms with Gasteiger partial charge in [-0.1, -0.05) is 13.8 Å². The lowest BCUT2D eigenvalue weighted by molar-refractivity contribution is -0.185. The monoisotopic (exact) mass is 310 g/mol. The Morgan fingerprint density at radius 3 is 2.20 bits per heavy atom. The Morgan fingerprint density at radius 1 is 1.25 bits per heavy atom. The Morgan fingerprint density at radius 2 is 1.80 bits per heavy atom. The molecule has 0 aromatic heterocycles. The van der Waals surface area contributed by atoms with Gasteiger partial charge in [0.05, 0.1) is 13.1 Å². The number of aliphatic carboxylic acids is 1. The molecule has 116 valence electrons. The van der Waals surface area contributed by atoms with Gasteiger partial charge >= 0.3 is 5.97 Å². The number of rotatable bonds is 9. The minimum Gasteiger partial charge on any atom is -0.480 e. The molecule has 1 amide bonds. The first-order chi connectivity index (χ1) is 9.17. The van der Waals surface area contributed by atoms with Gasteiger partial charge in [-0.3, -0.25) is 19.4 Å². The molecule has 10 heteroatoms. The van der Waals surface area contributed by atoms with Gasteiger partial charge in [-0.25, -0.2) is 9.86 Å². The molecule has 0 saturated carbocycles. The van der Waals surface area contributed by atoms with E-state index < -0.39 is 43.9 Å². The van der Waals surface area contributed by atoms with Crippen LogP contribution in [0.15, 0.2) is 0 Å². The highest BCUT2D eigenvalue weighted by Gasteiger charge is 2.28. The molecule has 0 saturated heterocycles. The Balaban J connectivity index is 4.34. The highest BCUT2D eigenvalue weighted by Crippen LogP contribution is 2.40. The molecule has 0 aliphatic heterocycles. The maximum atomic E-state index is 11.5. The van der Waals surface area contributed by atoms with Crippen molar-refractivity contribution in [1.29, 1.82) is 0 Å². The first-order valence-corrected chi connectivity index (χ1v) is 7.81. The summed E-state index contributed by atoms with van der Waals surface area (Å²) in [5, 5.41) is 20.5. The molecule has 0 aliphatic carbocycles. The molecule has 0 spiro atoms. The topological polar surface area (TPSA) is 144 Å². The summed E-state index contributed by atoms with van der Waals surface area (Å²) in [5.74, 6) is -2.30. The van der Waals surface area contributed by atoms with Crippen LogP contribution in [0.3, 0.4) is 0 Å². The van der Waals surface area contributed by atoms with Crippen molar-refractivity contribution in [2.75, 3.05) is 19.3 Å². The molecule has 0 rings (SSSR count). The molecule has 0 bridgehead atoms. The van der Waals surface area contributed by atoms with E-state index in [1.54, 1.807) is 0 Å². The zero-order valence-electron chi connectivity index (χ0n) is 11.3. The molecular formula is C10H19N2O7P. The smallest absolute Gasteiger partial charge is 0.329 e. The molecule has 2 unspecified atom stereocenters. The van der Waals surface area contributed by atoms with Crippen LogP contribution in [0.2, 0.25) is 0 Å². The first-order valence-electron chi connectivity index (χ1n) is 5.97. The van der Waals surface area contributed by atoms with Crippen molar-refractivity contribution in [3.8, 4) is 0 Å². The number of hydrogen-bond donors (Lipinski definition) is 4. The maximum Gasteiger partial charge on any atom is 0.329 e. The molecule has 0 aromatic rings. The number of carboxylic acid groups (broad SMARTS) is 1. The number of carboxylic acids is 1. The van der Waals surface area contributed by atoms with Gasteiger partial charge < -0.3 is 15.3 Å². The fourth-order valence-electron chi connectivity index (χ4n) is 1.28. The normalized spacial score (nSPS) is 15.2. The van der Waals surface area contributed by atoms with Gasteiger partial charge in [-0.2, -0.15) is 0 Å². The van der Waals surface area contributed by atoms with E-state index in [0.29, 0.717) is 0 Å². The average Bonchev–Trinajstić information content (AvgIpc) is 2.38. The third-order valence-electron chi connectivity index (χ3n) is 2.59. The number of nitrogens with one attached hydrogen (secondary N) is 1. The second-order valence-corrected chi connectivity index (χ2v) is 6.55. The lowest BCUT2D eigenvalue weighted by Crippen LogP contribution is -2.46. The van der Waals surface area contributed by atoms with Gasteiger partial charge in [0, 0.05) is 6.16 Å². The van der Waals surface area contributed by atoms with Crippen LogP contribution in [0.5, 0.6) is 0 Å². The summed E-state index contributed by atoms with van der Waals surface area (Å²) < 4.78 is 11.3. The molecule has 4 N–H and O–H groups in total. The molecule has 0 radical (unpaired) electrons. The molecular weight excluding hydrogens is 291 g/mol. The van der Waals surface area contributed by atoms with Crippen LogP contribution in [0.4, 0.5) is 0 Å². The van der Waals surface area contributed by atoms with Gasteiger partial charge in [-0.15, -0.1) is 0 Å². The van der Waals surface area contributed by atoms with Crippen LogP contribution in [0.25, 0.3) is 0 Å². The highest BCUT2D eigenvalue weighted by atomic mass is 31.2. The van der Waals surface area contributed by atoms with Gasteiger partial charge in [0.1, 0.15) is 0 Å². The molecule has 0 aliphatic rings. The summed E-state index contributed by atoms with van der Waals surface area (Å²) in [4.78, 5) is 42.7. The van der Waals surface area contributed by atoms with Crippen LogP contribution >= 0.6 is 7.37 Å². The minimum atomic E-state index is -3.87. The summed E-state index contributed by atoms with van der Waals surface area (Å²) in [6.45, 7) is 1.84. The summed E-state index contributed by atoms with van der Waals surface area (Å²) in [6, 6.07) is -1.38. The van der Waals surface area contributed by atoms with Gasteiger partial charge in [0.25, 0.3) is 13.3 Å². The third-order valence-corrected chi connectivity index (χ3v) is 4.39. The lowest BCUT2D eigenvalue weighted by atomic mass is 10.2. The highest BCUT2D eigenvalue weighted by molar-refractivity contribution is 7.75. The van der Waals surface area contributed by atoms with Gasteiger partial charge in [0.2, 0.25) is 5.52 Å². The average molecular weight is 310 g/mol. The lowest BCUT2D eigenvalue weighted by Gasteiger charge is -2.21. The summed E-state index contributed by atoms with van der Waals surface area (Å²) in [7, 11) is -3.87. The van der Waals surface area contributed by atoms with Crippen LogP contribution < -0.4 is 5.32 Å². The second-order valence-electron chi connectivity index (χ2n) is 4.02. The van der Waals surface area contributed by atoms with E-state index in [4.69, 9.17) is 5.11 Å². The van der Waals surface area contributed by atoms with Crippen LogP contribution in [-0.2, 0) is 18.9 Å². The first kappa shape index (κ1) is 18.7. The quantitative estimate of drug-likeness (QED) is 0.253. The summed E-state index contributed by atoms with van der Waals surface area (Å²) in [6.07, 6.45) is -0.192. The van der Waals surface area contributed by atoms with Crippen LogP contribution in [0, 0.1) is 0 Å². The predicted octanol–water partition coefficient (Wildman–Crippen LogP) is -0.526. The number of nitrogens with zero attached hydrogens (tertiary/aromatic N) is 1. The van der Waals surface area contributed by atoms with Crippen LogP contribution in [-0.4, -0.2) is 63.0 Å². The fraction of sp³-hybridized carbons (Fsp3) is 0.700. The Hall–Kier alpha value is -1.28. The SMILES string of the molecule is CCC(C(=O)O)N(O)C(=O)CNCC(=O)P(=O)(O)CC.